The topological polar surface area (TPSA) is 79.5 Å². The Bertz CT molecular complexity index is 433. The van der Waals surface area contributed by atoms with Crippen LogP contribution in [-0.4, -0.2) is 27.8 Å². The molecule has 1 aliphatic carbocycles. The monoisotopic (exact) mass is 263 g/mol. The Hall–Kier alpha value is -1.62. The number of aromatic nitrogens is 1. The Labute approximate surface area is 113 Å². The highest BCUT2D eigenvalue weighted by atomic mass is 16.5. The van der Waals surface area contributed by atoms with Gasteiger partial charge in [0.15, 0.2) is 0 Å². The van der Waals surface area contributed by atoms with Gasteiger partial charge >= 0.3 is 6.03 Å². The van der Waals surface area contributed by atoms with Gasteiger partial charge in [-0.25, -0.2) is 9.86 Å². The van der Waals surface area contributed by atoms with Gasteiger partial charge in [0, 0.05) is 17.8 Å². The number of primary amides is 1. The molecule has 1 heterocycles. The molecular weight excluding hydrogens is 242 g/mol. The van der Waals surface area contributed by atoms with E-state index in [1.807, 2.05) is 6.20 Å². The number of urea groups is 1. The lowest BCUT2D eigenvalue weighted by Gasteiger charge is -2.11. The largest absolute Gasteiger partial charge is 0.350 e. The first-order valence-corrected chi connectivity index (χ1v) is 6.82. The Balaban J connectivity index is 1.85. The number of hydrogen-bond donors (Lipinski definition) is 2. The number of nitrogens with zero attached hydrogens (tertiary/aromatic N) is 2. The number of rotatable bonds is 6. The van der Waals surface area contributed by atoms with E-state index in [4.69, 9.17) is 5.73 Å². The van der Waals surface area contributed by atoms with E-state index in [0.29, 0.717) is 17.5 Å². The van der Waals surface area contributed by atoms with Gasteiger partial charge in [0.05, 0.1) is 6.54 Å². The lowest BCUT2D eigenvalue weighted by Crippen LogP contribution is -2.34. The molecule has 0 aromatic carbocycles. The second-order valence-electron chi connectivity index (χ2n) is 5.22. The third-order valence-corrected chi connectivity index (χ3v) is 3.63. The van der Waals surface area contributed by atoms with Gasteiger partial charge in [0.25, 0.3) is 0 Å². The number of aryl methyl sites for hydroxylation is 1. The summed E-state index contributed by atoms with van der Waals surface area (Å²) in [6.45, 7) is 2.47. The molecule has 1 aromatic heterocycles. The zero-order valence-corrected chi connectivity index (χ0v) is 11.2. The predicted molar refractivity (Wildman–Crippen MR) is 71.8 cm³/mol. The molecule has 3 N–H and O–H groups in total. The van der Waals surface area contributed by atoms with Crippen molar-refractivity contribution in [3.8, 4) is 0 Å². The predicted octanol–water partition coefficient (Wildman–Crippen LogP) is 2.30. The molecule has 1 saturated carbocycles. The maximum atomic E-state index is 10.7. The number of carbonyl (C=O) groups is 1. The SMILES string of the molecule is CCCCc1ccc([C@@H]2C[C@H]2CN(O)C(N)=O)nc1. The van der Waals surface area contributed by atoms with Crippen LogP contribution in [0.4, 0.5) is 4.79 Å². The fraction of sp³-hybridized carbons (Fsp3) is 0.571. The standard InChI is InChI=1S/C14H21N3O2/c1-2-3-4-10-5-6-13(16-8-10)12-7-11(12)9-17(19)14(15)18/h5-6,8,11-12,19H,2-4,7,9H2,1H3,(H2,15,18)/t11-,12+/m0/s1. The molecule has 2 amide bonds. The summed E-state index contributed by atoms with van der Waals surface area (Å²) in [5.74, 6) is 0.612. The number of hydroxylamine groups is 2. The first kappa shape index (κ1) is 13.8. The van der Waals surface area contributed by atoms with Gasteiger partial charge < -0.3 is 5.73 Å². The number of carbonyl (C=O) groups excluding carboxylic acids is 1. The normalized spacial score (nSPS) is 21.2. The highest BCUT2D eigenvalue weighted by molar-refractivity contribution is 5.70. The summed E-state index contributed by atoms with van der Waals surface area (Å²) in [5.41, 5.74) is 7.30. The first-order chi connectivity index (χ1) is 9.11. The zero-order valence-electron chi connectivity index (χ0n) is 11.2. The van der Waals surface area contributed by atoms with Crippen LogP contribution in [0.2, 0.25) is 0 Å². The molecule has 2 rings (SSSR count). The average molecular weight is 263 g/mol. The van der Waals surface area contributed by atoms with E-state index in [1.165, 1.54) is 18.4 Å². The summed E-state index contributed by atoms with van der Waals surface area (Å²) in [6, 6.07) is 3.38. The minimum Gasteiger partial charge on any atom is -0.350 e. The molecule has 0 aliphatic heterocycles. The maximum Gasteiger partial charge on any atom is 0.338 e. The van der Waals surface area contributed by atoms with Crippen molar-refractivity contribution in [2.45, 2.75) is 38.5 Å². The fourth-order valence-corrected chi connectivity index (χ4v) is 2.31. The van der Waals surface area contributed by atoms with E-state index in [0.717, 1.165) is 18.5 Å². The molecule has 0 spiro atoms. The highest BCUT2D eigenvalue weighted by Crippen LogP contribution is 2.46. The lowest BCUT2D eigenvalue weighted by molar-refractivity contribution is -0.0432. The van der Waals surface area contributed by atoms with Crippen LogP contribution in [0.25, 0.3) is 0 Å². The Kier molecular flexibility index (Phi) is 4.37. The molecular formula is C14H21N3O2. The summed E-state index contributed by atoms with van der Waals surface area (Å²) in [6.07, 6.45) is 6.33. The van der Waals surface area contributed by atoms with Gasteiger partial charge in [-0.2, -0.15) is 0 Å². The van der Waals surface area contributed by atoms with Crippen molar-refractivity contribution in [1.29, 1.82) is 0 Å². The van der Waals surface area contributed by atoms with E-state index in [1.54, 1.807) is 0 Å². The molecule has 104 valence electrons. The van der Waals surface area contributed by atoms with Crippen molar-refractivity contribution in [2.24, 2.45) is 11.7 Å². The van der Waals surface area contributed by atoms with E-state index < -0.39 is 6.03 Å². The van der Waals surface area contributed by atoms with E-state index in [2.05, 4.69) is 24.0 Å². The minimum absolute atomic E-state index is 0.270. The second kappa shape index (κ2) is 6.02. The van der Waals surface area contributed by atoms with Gasteiger partial charge in [-0.15, -0.1) is 0 Å². The van der Waals surface area contributed by atoms with Gasteiger partial charge in [0.1, 0.15) is 0 Å². The molecule has 2 atom stereocenters. The van der Waals surface area contributed by atoms with Crippen LogP contribution >= 0.6 is 0 Å². The van der Waals surface area contributed by atoms with Crippen LogP contribution < -0.4 is 5.73 Å². The molecule has 5 nitrogen and oxygen atoms in total. The van der Waals surface area contributed by atoms with E-state index in [9.17, 15) is 10.0 Å². The summed E-state index contributed by atoms with van der Waals surface area (Å²) in [5, 5.41) is 9.86. The molecule has 1 aromatic rings. The third-order valence-electron chi connectivity index (χ3n) is 3.63. The summed E-state index contributed by atoms with van der Waals surface area (Å²) in [4.78, 5) is 15.2. The molecule has 0 radical (unpaired) electrons. The zero-order chi connectivity index (χ0) is 13.8. The van der Waals surface area contributed by atoms with Crippen LogP contribution in [-0.2, 0) is 6.42 Å². The number of unbranched alkanes of at least 4 members (excludes halogenated alkanes) is 1. The second-order valence-corrected chi connectivity index (χ2v) is 5.22. The highest BCUT2D eigenvalue weighted by Gasteiger charge is 2.40. The fourth-order valence-electron chi connectivity index (χ4n) is 2.31. The maximum absolute atomic E-state index is 10.7. The molecule has 1 aliphatic rings. The van der Waals surface area contributed by atoms with Crippen molar-refractivity contribution in [2.75, 3.05) is 6.54 Å². The smallest absolute Gasteiger partial charge is 0.338 e. The quantitative estimate of drug-likeness (QED) is 0.610. The van der Waals surface area contributed by atoms with Crippen molar-refractivity contribution >= 4 is 6.03 Å². The summed E-state index contributed by atoms with van der Waals surface area (Å²) >= 11 is 0. The van der Waals surface area contributed by atoms with Gasteiger partial charge in [-0.1, -0.05) is 19.4 Å². The average Bonchev–Trinajstić information content (AvgIpc) is 3.16. The van der Waals surface area contributed by atoms with Crippen molar-refractivity contribution in [3.05, 3.63) is 29.6 Å². The van der Waals surface area contributed by atoms with Crippen LogP contribution in [0.1, 0.15) is 43.4 Å². The summed E-state index contributed by atoms with van der Waals surface area (Å²) < 4.78 is 0. The van der Waals surface area contributed by atoms with Gasteiger partial charge in [0.2, 0.25) is 0 Å². The van der Waals surface area contributed by atoms with Crippen molar-refractivity contribution in [1.82, 2.24) is 10.0 Å². The van der Waals surface area contributed by atoms with Crippen LogP contribution in [0, 0.1) is 5.92 Å². The number of hydrogen-bond acceptors (Lipinski definition) is 3. The molecule has 0 bridgehead atoms. The molecule has 19 heavy (non-hydrogen) atoms. The molecule has 1 fully saturated rings. The summed E-state index contributed by atoms with van der Waals surface area (Å²) in [7, 11) is 0. The van der Waals surface area contributed by atoms with E-state index >= 15 is 0 Å². The molecule has 0 saturated heterocycles. The first-order valence-electron chi connectivity index (χ1n) is 6.82. The van der Waals surface area contributed by atoms with Crippen LogP contribution in [0.5, 0.6) is 0 Å². The molecule has 5 heteroatoms. The van der Waals surface area contributed by atoms with Crippen molar-refractivity contribution < 1.29 is 10.0 Å². The number of amides is 2. The Morgan fingerprint density at radius 3 is 2.95 bits per heavy atom. The third kappa shape index (κ3) is 3.67. The lowest BCUT2D eigenvalue weighted by atomic mass is 10.1. The van der Waals surface area contributed by atoms with Gasteiger partial charge in [-0.3, -0.25) is 10.2 Å². The Morgan fingerprint density at radius 2 is 2.37 bits per heavy atom. The number of nitrogens with two attached hydrogens (primary N) is 1. The molecule has 0 unspecified atom stereocenters. The van der Waals surface area contributed by atoms with E-state index in [-0.39, 0.29) is 5.92 Å². The minimum atomic E-state index is -0.798. The van der Waals surface area contributed by atoms with Crippen LogP contribution in [0.15, 0.2) is 18.3 Å². The van der Waals surface area contributed by atoms with Crippen molar-refractivity contribution in [3.63, 3.8) is 0 Å². The van der Waals surface area contributed by atoms with Gasteiger partial charge in [-0.05, 0) is 36.8 Å². The Morgan fingerprint density at radius 1 is 1.58 bits per heavy atom. The number of pyridine rings is 1. The van der Waals surface area contributed by atoms with Crippen LogP contribution in [0.3, 0.4) is 0 Å².